The molecule has 0 bridgehead atoms. The summed E-state index contributed by atoms with van der Waals surface area (Å²) in [6.07, 6.45) is 8.29. The van der Waals surface area contributed by atoms with Crippen molar-refractivity contribution in [3.8, 4) is 0 Å². The van der Waals surface area contributed by atoms with Crippen molar-refractivity contribution in [3.63, 3.8) is 0 Å². The lowest BCUT2D eigenvalue weighted by atomic mass is 9.91. The van der Waals surface area contributed by atoms with Crippen molar-refractivity contribution in [2.24, 2.45) is 5.92 Å². The Kier molecular flexibility index (Phi) is 3.07. The van der Waals surface area contributed by atoms with Crippen LogP contribution in [0.3, 0.4) is 0 Å². The maximum absolute atomic E-state index is 3.53. The molecule has 0 saturated carbocycles. The summed E-state index contributed by atoms with van der Waals surface area (Å²) in [7, 11) is 0. The van der Waals surface area contributed by atoms with E-state index in [0.717, 1.165) is 5.92 Å². The molecule has 2 rings (SSSR count). The second-order valence-electron chi connectivity index (χ2n) is 4.13. The smallest absolute Gasteiger partial charge is 0.0178 e. The van der Waals surface area contributed by atoms with Crippen LogP contribution < -0.4 is 0 Å². The van der Waals surface area contributed by atoms with Gasteiger partial charge in [-0.3, -0.25) is 0 Å². The fourth-order valence-electron chi connectivity index (χ4n) is 1.98. The summed E-state index contributed by atoms with van der Waals surface area (Å²) < 4.78 is 1.19. The van der Waals surface area contributed by atoms with E-state index >= 15 is 0 Å². The largest absolute Gasteiger partial charge is 0.0839 e. The molecule has 0 nitrogen and oxygen atoms in total. The van der Waals surface area contributed by atoms with Gasteiger partial charge < -0.3 is 0 Å². The molecule has 0 aliphatic heterocycles. The molecule has 0 heterocycles. The second kappa shape index (κ2) is 4.31. The van der Waals surface area contributed by atoms with Crippen LogP contribution in [0.1, 0.15) is 30.9 Å². The van der Waals surface area contributed by atoms with E-state index in [1.807, 2.05) is 0 Å². The molecule has 1 unspecified atom stereocenters. The van der Waals surface area contributed by atoms with Crippen molar-refractivity contribution >= 4 is 22.0 Å². The molecule has 0 fully saturated rings. The summed E-state index contributed by atoms with van der Waals surface area (Å²) in [5, 5.41) is 0. The van der Waals surface area contributed by atoms with Crippen molar-refractivity contribution in [1.29, 1.82) is 0 Å². The Morgan fingerprint density at radius 2 is 2.21 bits per heavy atom. The average molecular weight is 251 g/mol. The number of fused-ring (bicyclic) bond motifs is 1. The molecular formula is C13H15Br. The van der Waals surface area contributed by atoms with Gasteiger partial charge in [-0.15, -0.1) is 0 Å². The summed E-state index contributed by atoms with van der Waals surface area (Å²) in [5.74, 6) is 0.799. The number of benzene rings is 1. The molecule has 1 aromatic rings. The van der Waals surface area contributed by atoms with Crippen LogP contribution in [0.5, 0.6) is 0 Å². The summed E-state index contributed by atoms with van der Waals surface area (Å²) in [6.45, 7) is 2.34. The zero-order valence-corrected chi connectivity index (χ0v) is 10.0. The third kappa shape index (κ3) is 2.27. The van der Waals surface area contributed by atoms with E-state index in [4.69, 9.17) is 0 Å². The average Bonchev–Trinajstić information content (AvgIpc) is 2.12. The first-order valence-electron chi connectivity index (χ1n) is 5.20. The van der Waals surface area contributed by atoms with Crippen LogP contribution in [0.2, 0.25) is 0 Å². The maximum atomic E-state index is 3.53. The first-order chi connectivity index (χ1) is 6.75. The zero-order valence-electron chi connectivity index (χ0n) is 8.46. The second-order valence-corrected chi connectivity index (χ2v) is 5.05. The van der Waals surface area contributed by atoms with Crippen LogP contribution in [0.4, 0.5) is 0 Å². The van der Waals surface area contributed by atoms with Crippen LogP contribution in [0, 0.1) is 5.92 Å². The van der Waals surface area contributed by atoms with Crippen LogP contribution in [0.25, 0.3) is 6.08 Å². The van der Waals surface area contributed by atoms with E-state index in [9.17, 15) is 0 Å². The topological polar surface area (TPSA) is 0 Å². The quantitative estimate of drug-likeness (QED) is 0.639. The minimum Gasteiger partial charge on any atom is -0.0839 e. The van der Waals surface area contributed by atoms with Crippen molar-refractivity contribution in [2.45, 2.75) is 26.2 Å². The maximum Gasteiger partial charge on any atom is 0.0178 e. The third-order valence-electron chi connectivity index (χ3n) is 2.80. The molecule has 1 aliphatic carbocycles. The van der Waals surface area contributed by atoms with E-state index in [1.165, 1.54) is 34.9 Å². The number of hydrogen-bond acceptors (Lipinski definition) is 0. The van der Waals surface area contributed by atoms with E-state index < -0.39 is 0 Å². The number of rotatable bonds is 0. The van der Waals surface area contributed by atoms with Crippen LogP contribution in [-0.2, 0) is 6.42 Å². The molecule has 0 saturated heterocycles. The fourth-order valence-corrected chi connectivity index (χ4v) is 2.39. The van der Waals surface area contributed by atoms with Gasteiger partial charge in [-0.2, -0.15) is 0 Å². The summed E-state index contributed by atoms with van der Waals surface area (Å²) in [4.78, 5) is 0. The lowest BCUT2D eigenvalue weighted by molar-refractivity contribution is 0.534. The highest BCUT2D eigenvalue weighted by molar-refractivity contribution is 9.10. The number of halogens is 1. The van der Waals surface area contributed by atoms with Crippen LogP contribution >= 0.6 is 15.9 Å². The van der Waals surface area contributed by atoms with Gasteiger partial charge in [0.2, 0.25) is 0 Å². The van der Waals surface area contributed by atoms with E-state index in [2.05, 4.69) is 53.2 Å². The molecule has 1 heteroatoms. The first-order valence-corrected chi connectivity index (χ1v) is 6.00. The SMILES string of the molecule is CC1CCC=Cc2ccc(Br)cc2C1. The lowest BCUT2D eigenvalue weighted by Gasteiger charge is -2.15. The minimum absolute atomic E-state index is 0.799. The summed E-state index contributed by atoms with van der Waals surface area (Å²) in [6, 6.07) is 6.57. The Bertz CT molecular complexity index is 352. The monoisotopic (exact) mass is 250 g/mol. The number of allylic oxidation sites excluding steroid dienone is 1. The lowest BCUT2D eigenvalue weighted by Crippen LogP contribution is -2.02. The van der Waals surface area contributed by atoms with Gasteiger partial charge in [-0.1, -0.05) is 41.1 Å². The van der Waals surface area contributed by atoms with Gasteiger partial charge in [0.25, 0.3) is 0 Å². The van der Waals surface area contributed by atoms with Crippen molar-refractivity contribution < 1.29 is 0 Å². The van der Waals surface area contributed by atoms with Crippen molar-refractivity contribution in [3.05, 3.63) is 39.9 Å². The van der Waals surface area contributed by atoms with E-state index in [1.54, 1.807) is 0 Å². The molecule has 0 aromatic heterocycles. The van der Waals surface area contributed by atoms with E-state index in [0.29, 0.717) is 0 Å². The van der Waals surface area contributed by atoms with Gasteiger partial charge in [0.1, 0.15) is 0 Å². The van der Waals surface area contributed by atoms with Gasteiger partial charge in [0, 0.05) is 4.47 Å². The molecular weight excluding hydrogens is 236 g/mol. The van der Waals surface area contributed by atoms with Gasteiger partial charge in [0.05, 0.1) is 0 Å². The predicted molar refractivity (Wildman–Crippen MR) is 65.3 cm³/mol. The van der Waals surface area contributed by atoms with Crippen molar-refractivity contribution in [2.75, 3.05) is 0 Å². The first kappa shape index (κ1) is 9.97. The van der Waals surface area contributed by atoms with Gasteiger partial charge in [-0.25, -0.2) is 0 Å². The highest BCUT2D eigenvalue weighted by Gasteiger charge is 2.08. The van der Waals surface area contributed by atoms with E-state index in [-0.39, 0.29) is 0 Å². The van der Waals surface area contributed by atoms with Gasteiger partial charge in [0.15, 0.2) is 0 Å². The van der Waals surface area contributed by atoms with Gasteiger partial charge in [-0.05, 0) is 48.4 Å². The molecule has 14 heavy (non-hydrogen) atoms. The predicted octanol–water partition coefficient (Wildman–Crippen LogP) is 4.43. The highest BCUT2D eigenvalue weighted by atomic mass is 79.9. The third-order valence-corrected chi connectivity index (χ3v) is 3.29. The zero-order chi connectivity index (χ0) is 9.97. The molecule has 1 atom stereocenters. The Labute approximate surface area is 94.2 Å². The van der Waals surface area contributed by atoms with Gasteiger partial charge >= 0.3 is 0 Å². The minimum atomic E-state index is 0.799. The highest BCUT2D eigenvalue weighted by Crippen LogP contribution is 2.24. The normalized spacial score (nSPS) is 21.1. The summed E-state index contributed by atoms with van der Waals surface area (Å²) in [5.41, 5.74) is 2.86. The summed E-state index contributed by atoms with van der Waals surface area (Å²) >= 11 is 3.53. The van der Waals surface area contributed by atoms with Crippen LogP contribution in [-0.4, -0.2) is 0 Å². The molecule has 1 aliphatic rings. The molecule has 0 spiro atoms. The number of hydrogen-bond donors (Lipinski definition) is 0. The molecule has 0 N–H and O–H groups in total. The molecule has 74 valence electrons. The Hall–Kier alpha value is -0.560. The van der Waals surface area contributed by atoms with Crippen LogP contribution in [0.15, 0.2) is 28.7 Å². The molecule has 0 radical (unpaired) electrons. The Morgan fingerprint density at radius 3 is 3.07 bits per heavy atom. The standard InChI is InChI=1S/C13H15Br/c1-10-4-2-3-5-11-6-7-13(14)9-12(11)8-10/h3,5-7,9-10H,2,4,8H2,1H3. The fraction of sp³-hybridized carbons (Fsp3) is 0.385. The molecule has 0 amide bonds. The van der Waals surface area contributed by atoms with Crippen molar-refractivity contribution in [1.82, 2.24) is 0 Å². The Balaban J connectivity index is 2.40. The Morgan fingerprint density at radius 1 is 1.36 bits per heavy atom. The molecule has 1 aromatic carbocycles.